The second-order valence-corrected chi connectivity index (χ2v) is 8.57. The minimum absolute atomic E-state index is 0.159. The minimum atomic E-state index is -0.159. The maximum Gasteiger partial charge on any atom is 0.220 e. The van der Waals surface area contributed by atoms with Crippen molar-refractivity contribution in [1.29, 1.82) is 0 Å². The molecule has 0 aromatic rings. The maximum absolute atomic E-state index is 12.5. The highest BCUT2D eigenvalue weighted by atomic mass is 16.1. The summed E-state index contributed by atoms with van der Waals surface area (Å²) in [6.45, 7) is 4.79. The molecular formula is C17H30N2O. The lowest BCUT2D eigenvalue weighted by Gasteiger charge is -2.56. The first-order chi connectivity index (χ1) is 9.40. The SMILES string of the molecule is CC(C)(CCN)NC(=O)CC12CC3CC(CC(C3)C1)C2. The van der Waals surface area contributed by atoms with Crippen molar-refractivity contribution in [2.45, 2.75) is 70.8 Å². The summed E-state index contributed by atoms with van der Waals surface area (Å²) in [6, 6.07) is 0. The van der Waals surface area contributed by atoms with E-state index in [1.807, 2.05) is 0 Å². The minimum Gasteiger partial charge on any atom is -0.351 e. The van der Waals surface area contributed by atoms with E-state index in [-0.39, 0.29) is 11.4 Å². The first-order valence-electron chi connectivity index (χ1n) is 8.41. The standard InChI is InChI=1S/C17H30N2O/c1-16(2,3-4-18)19-15(20)11-17-8-12-5-13(9-17)7-14(6-12)10-17/h12-14H,3-11,18H2,1-2H3,(H,19,20). The predicted molar refractivity (Wildman–Crippen MR) is 81.1 cm³/mol. The van der Waals surface area contributed by atoms with Gasteiger partial charge in [0.25, 0.3) is 0 Å². The van der Waals surface area contributed by atoms with Gasteiger partial charge in [0.2, 0.25) is 5.91 Å². The molecule has 0 aromatic heterocycles. The van der Waals surface area contributed by atoms with Gasteiger partial charge in [-0.1, -0.05) is 0 Å². The average molecular weight is 278 g/mol. The smallest absolute Gasteiger partial charge is 0.220 e. The molecule has 0 saturated heterocycles. The van der Waals surface area contributed by atoms with E-state index < -0.39 is 0 Å². The Morgan fingerprint density at radius 3 is 2.10 bits per heavy atom. The van der Waals surface area contributed by atoms with E-state index in [0.29, 0.717) is 12.0 Å². The second kappa shape index (κ2) is 5.01. The molecule has 4 saturated carbocycles. The number of nitrogens with one attached hydrogen (secondary N) is 1. The van der Waals surface area contributed by atoms with Gasteiger partial charge in [0.15, 0.2) is 0 Å². The fourth-order valence-electron chi connectivity index (χ4n) is 5.69. The number of nitrogens with two attached hydrogens (primary N) is 1. The van der Waals surface area contributed by atoms with Crippen LogP contribution in [0.1, 0.15) is 65.2 Å². The number of carbonyl (C=O) groups is 1. The third kappa shape index (κ3) is 2.88. The Morgan fingerprint density at radius 1 is 1.15 bits per heavy atom. The molecule has 3 N–H and O–H groups in total. The first-order valence-corrected chi connectivity index (χ1v) is 8.41. The Labute approximate surface area is 123 Å². The Morgan fingerprint density at radius 2 is 1.65 bits per heavy atom. The van der Waals surface area contributed by atoms with Crippen LogP contribution in [0.3, 0.4) is 0 Å². The quantitative estimate of drug-likeness (QED) is 0.812. The zero-order valence-corrected chi connectivity index (χ0v) is 13.1. The molecular weight excluding hydrogens is 248 g/mol. The van der Waals surface area contributed by atoms with Gasteiger partial charge in [0.1, 0.15) is 0 Å². The molecule has 4 bridgehead atoms. The molecule has 4 aliphatic carbocycles. The molecule has 1 amide bonds. The third-order valence-electron chi connectivity index (χ3n) is 5.95. The van der Waals surface area contributed by atoms with Crippen LogP contribution >= 0.6 is 0 Å². The molecule has 0 atom stereocenters. The van der Waals surface area contributed by atoms with Crippen molar-refractivity contribution in [3.8, 4) is 0 Å². The van der Waals surface area contributed by atoms with Crippen LogP contribution in [0.15, 0.2) is 0 Å². The average Bonchev–Trinajstić information content (AvgIpc) is 2.23. The van der Waals surface area contributed by atoms with Crippen LogP contribution in [0, 0.1) is 23.2 Å². The van der Waals surface area contributed by atoms with Crippen molar-refractivity contribution < 1.29 is 4.79 Å². The van der Waals surface area contributed by atoms with Crippen LogP contribution in [0.2, 0.25) is 0 Å². The normalized spacial score (nSPS) is 39.0. The zero-order chi connectivity index (χ0) is 14.4. The summed E-state index contributed by atoms with van der Waals surface area (Å²) < 4.78 is 0. The lowest BCUT2D eigenvalue weighted by atomic mass is 9.49. The van der Waals surface area contributed by atoms with E-state index in [4.69, 9.17) is 5.73 Å². The van der Waals surface area contributed by atoms with Gasteiger partial charge >= 0.3 is 0 Å². The molecule has 0 aliphatic heterocycles. The van der Waals surface area contributed by atoms with Crippen LogP contribution in [0.5, 0.6) is 0 Å². The van der Waals surface area contributed by atoms with Crippen molar-refractivity contribution in [3.05, 3.63) is 0 Å². The van der Waals surface area contributed by atoms with E-state index in [1.54, 1.807) is 0 Å². The summed E-state index contributed by atoms with van der Waals surface area (Å²) in [4.78, 5) is 12.5. The van der Waals surface area contributed by atoms with Crippen molar-refractivity contribution >= 4 is 5.91 Å². The van der Waals surface area contributed by atoms with Crippen LogP contribution < -0.4 is 11.1 Å². The lowest BCUT2D eigenvalue weighted by molar-refractivity contribution is -0.131. The number of amides is 1. The number of rotatable bonds is 5. The van der Waals surface area contributed by atoms with Gasteiger partial charge in [-0.15, -0.1) is 0 Å². The van der Waals surface area contributed by atoms with Crippen LogP contribution in [0.25, 0.3) is 0 Å². The molecule has 3 heteroatoms. The van der Waals surface area contributed by atoms with Crippen molar-refractivity contribution in [2.24, 2.45) is 28.9 Å². The summed E-state index contributed by atoms with van der Waals surface area (Å²) >= 11 is 0. The van der Waals surface area contributed by atoms with Gasteiger partial charge in [-0.25, -0.2) is 0 Å². The summed E-state index contributed by atoms with van der Waals surface area (Å²) in [7, 11) is 0. The maximum atomic E-state index is 12.5. The Hall–Kier alpha value is -0.570. The largest absolute Gasteiger partial charge is 0.351 e. The summed E-state index contributed by atoms with van der Waals surface area (Å²) in [5.74, 6) is 3.02. The molecule has 4 fully saturated rings. The molecule has 0 unspecified atom stereocenters. The fraction of sp³-hybridized carbons (Fsp3) is 0.941. The van der Waals surface area contributed by atoms with Crippen molar-refractivity contribution in [3.63, 3.8) is 0 Å². The van der Waals surface area contributed by atoms with Gasteiger partial charge in [-0.2, -0.15) is 0 Å². The van der Waals surface area contributed by atoms with Gasteiger partial charge in [-0.05, 0) is 88.5 Å². The molecule has 0 aromatic carbocycles. The van der Waals surface area contributed by atoms with Gasteiger partial charge in [-0.3, -0.25) is 4.79 Å². The van der Waals surface area contributed by atoms with Gasteiger partial charge in [0, 0.05) is 12.0 Å². The number of hydrogen-bond donors (Lipinski definition) is 2. The molecule has 0 spiro atoms. The van der Waals surface area contributed by atoms with E-state index in [0.717, 1.165) is 30.6 Å². The third-order valence-corrected chi connectivity index (χ3v) is 5.95. The molecule has 0 radical (unpaired) electrons. The van der Waals surface area contributed by atoms with Gasteiger partial charge in [0.05, 0.1) is 0 Å². The van der Waals surface area contributed by atoms with Crippen LogP contribution in [-0.2, 0) is 4.79 Å². The molecule has 114 valence electrons. The zero-order valence-electron chi connectivity index (χ0n) is 13.1. The Balaban J connectivity index is 1.61. The summed E-state index contributed by atoms with van der Waals surface area (Å²) in [5, 5.41) is 3.21. The predicted octanol–water partition coefficient (Wildman–Crippen LogP) is 2.84. The second-order valence-electron chi connectivity index (χ2n) is 8.57. The summed E-state index contributed by atoms with van der Waals surface area (Å²) in [6.07, 6.45) is 9.86. The van der Waals surface area contributed by atoms with Crippen LogP contribution in [-0.4, -0.2) is 18.0 Å². The van der Waals surface area contributed by atoms with Crippen LogP contribution in [0.4, 0.5) is 0 Å². The molecule has 0 heterocycles. The Bertz CT molecular complexity index is 353. The number of carbonyl (C=O) groups excluding carboxylic acids is 1. The first kappa shape index (κ1) is 14.4. The van der Waals surface area contributed by atoms with Gasteiger partial charge < -0.3 is 11.1 Å². The van der Waals surface area contributed by atoms with Crippen molar-refractivity contribution in [1.82, 2.24) is 5.32 Å². The molecule has 4 rings (SSSR count). The van der Waals surface area contributed by atoms with Crippen molar-refractivity contribution in [2.75, 3.05) is 6.54 Å². The monoisotopic (exact) mass is 278 g/mol. The topological polar surface area (TPSA) is 55.1 Å². The molecule has 4 aliphatic rings. The Kier molecular flexibility index (Phi) is 3.60. The lowest BCUT2D eigenvalue weighted by Crippen LogP contribution is -2.50. The highest BCUT2D eigenvalue weighted by molar-refractivity contribution is 5.77. The van der Waals surface area contributed by atoms with E-state index >= 15 is 0 Å². The summed E-state index contributed by atoms with van der Waals surface area (Å²) in [5.41, 5.74) is 5.81. The molecule has 20 heavy (non-hydrogen) atoms. The van der Waals surface area contributed by atoms with E-state index in [2.05, 4.69) is 19.2 Å². The molecule has 3 nitrogen and oxygen atoms in total. The number of hydrogen-bond acceptors (Lipinski definition) is 2. The highest BCUT2D eigenvalue weighted by Crippen LogP contribution is 2.61. The highest BCUT2D eigenvalue weighted by Gasteiger charge is 2.51. The van der Waals surface area contributed by atoms with E-state index in [1.165, 1.54) is 38.5 Å². The van der Waals surface area contributed by atoms with E-state index in [9.17, 15) is 4.79 Å². The fourth-order valence-corrected chi connectivity index (χ4v) is 5.69.